The van der Waals surface area contributed by atoms with Crippen molar-refractivity contribution in [2.75, 3.05) is 39.8 Å². The van der Waals surface area contributed by atoms with Gasteiger partial charge in [0.25, 0.3) is 0 Å². The van der Waals surface area contributed by atoms with E-state index in [2.05, 4.69) is 23.8 Å². The molecule has 12 heavy (non-hydrogen) atoms. The molecule has 1 aliphatic heterocycles. The van der Waals surface area contributed by atoms with Crippen molar-refractivity contribution in [3.8, 4) is 0 Å². The van der Waals surface area contributed by atoms with Crippen LogP contribution in [0.15, 0.2) is 0 Å². The molecule has 0 radical (unpaired) electrons. The fourth-order valence-electron chi connectivity index (χ4n) is 1.69. The summed E-state index contributed by atoms with van der Waals surface area (Å²) in [7, 11) is 2.19. The van der Waals surface area contributed by atoms with Gasteiger partial charge in [-0.25, -0.2) is 0 Å². The van der Waals surface area contributed by atoms with E-state index in [1.807, 2.05) is 0 Å². The van der Waals surface area contributed by atoms with Crippen molar-refractivity contribution in [3.05, 3.63) is 0 Å². The first-order valence-electron chi connectivity index (χ1n) is 4.85. The third-order valence-corrected chi connectivity index (χ3v) is 2.36. The van der Waals surface area contributed by atoms with E-state index in [1.165, 1.54) is 32.6 Å². The summed E-state index contributed by atoms with van der Waals surface area (Å²) in [6.45, 7) is 7.94. The van der Waals surface area contributed by atoms with Crippen molar-refractivity contribution in [1.29, 1.82) is 0 Å². The molecular formula is C9H21N3. The van der Waals surface area contributed by atoms with Crippen LogP contribution in [0.4, 0.5) is 0 Å². The Bertz CT molecular complexity index is 125. The molecular weight excluding hydrogens is 150 g/mol. The molecule has 2 N–H and O–H groups in total. The van der Waals surface area contributed by atoms with E-state index in [1.54, 1.807) is 0 Å². The van der Waals surface area contributed by atoms with Gasteiger partial charge in [-0.05, 0) is 33.5 Å². The van der Waals surface area contributed by atoms with Crippen LogP contribution in [-0.4, -0.2) is 55.6 Å². The average Bonchev–Trinajstić information content (AvgIpc) is 2.15. The minimum atomic E-state index is 0.313. The molecule has 0 bridgehead atoms. The van der Waals surface area contributed by atoms with Crippen LogP contribution in [0.1, 0.15) is 13.3 Å². The molecule has 1 fully saturated rings. The number of nitrogens with zero attached hydrogens (tertiary/aromatic N) is 2. The lowest BCUT2D eigenvalue weighted by molar-refractivity contribution is 0.265. The highest BCUT2D eigenvalue weighted by atomic mass is 15.2. The molecule has 1 rings (SSSR count). The smallest absolute Gasteiger partial charge is 0.0139 e. The molecule has 0 aromatic rings. The Labute approximate surface area is 75.5 Å². The van der Waals surface area contributed by atoms with Crippen LogP contribution in [0.25, 0.3) is 0 Å². The van der Waals surface area contributed by atoms with Crippen molar-refractivity contribution in [2.24, 2.45) is 5.73 Å². The Morgan fingerprint density at radius 2 is 2.00 bits per heavy atom. The van der Waals surface area contributed by atoms with Crippen LogP contribution in [-0.2, 0) is 0 Å². The minimum Gasteiger partial charge on any atom is -0.327 e. The molecule has 0 unspecified atom stereocenters. The molecule has 1 heterocycles. The van der Waals surface area contributed by atoms with E-state index in [4.69, 9.17) is 5.73 Å². The van der Waals surface area contributed by atoms with Crippen LogP contribution in [0, 0.1) is 0 Å². The second kappa shape index (κ2) is 4.80. The number of hydrogen-bond acceptors (Lipinski definition) is 3. The molecule has 3 nitrogen and oxygen atoms in total. The largest absolute Gasteiger partial charge is 0.327 e. The molecule has 0 aromatic heterocycles. The molecule has 1 saturated heterocycles. The normalized spacial score (nSPS) is 25.2. The summed E-state index contributed by atoms with van der Waals surface area (Å²) in [5.74, 6) is 0. The second-order valence-corrected chi connectivity index (χ2v) is 3.93. The van der Waals surface area contributed by atoms with Gasteiger partial charge in [0.05, 0.1) is 0 Å². The van der Waals surface area contributed by atoms with E-state index in [-0.39, 0.29) is 0 Å². The van der Waals surface area contributed by atoms with Gasteiger partial charge in [0.2, 0.25) is 0 Å². The maximum absolute atomic E-state index is 5.75. The first-order chi connectivity index (χ1) is 5.68. The van der Waals surface area contributed by atoms with E-state index < -0.39 is 0 Å². The van der Waals surface area contributed by atoms with Crippen LogP contribution in [0.5, 0.6) is 0 Å². The maximum atomic E-state index is 5.75. The Morgan fingerprint density at radius 1 is 1.25 bits per heavy atom. The third-order valence-electron chi connectivity index (χ3n) is 2.36. The predicted molar refractivity (Wildman–Crippen MR) is 52.2 cm³/mol. The van der Waals surface area contributed by atoms with Gasteiger partial charge < -0.3 is 15.5 Å². The molecule has 3 heteroatoms. The molecule has 0 aliphatic carbocycles. The van der Waals surface area contributed by atoms with Crippen LogP contribution >= 0.6 is 0 Å². The predicted octanol–water partition coefficient (Wildman–Crippen LogP) is -0.0289. The second-order valence-electron chi connectivity index (χ2n) is 3.93. The van der Waals surface area contributed by atoms with Gasteiger partial charge in [-0.15, -0.1) is 0 Å². The summed E-state index contributed by atoms with van der Waals surface area (Å²) < 4.78 is 0. The van der Waals surface area contributed by atoms with Gasteiger partial charge in [-0.2, -0.15) is 0 Å². The van der Waals surface area contributed by atoms with Gasteiger partial charge in [0.1, 0.15) is 0 Å². The minimum absolute atomic E-state index is 0.313. The molecule has 1 aliphatic rings. The number of rotatable bonds is 2. The molecule has 0 aromatic carbocycles. The summed E-state index contributed by atoms with van der Waals surface area (Å²) in [5.41, 5.74) is 5.75. The summed E-state index contributed by atoms with van der Waals surface area (Å²) >= 11 is 0. The van der Waals surface area contributed by atoms with Crippen molar-refractivity contribution in [2.45, 2.75) is 19.4 Å². The van der Waals surface area contributed by atoms with Crippen molar-refractivity contribution >= 4 is 0 Å². The molecule has 72 valence electrons. The van der Waals surface area contributed by atoms with E-state index in [9.17, 15) is 0 Å². The lowest BCUT2D eigenvalue weighted by Gasteiger charge is -2.21. The monoisotopic (exact) mass is 171 g/mol. The zero-order valence-corrected chi connectivity index (χ0v) is 8.29. The first kappa shape index (κ1) is 9.96. The van der Waals surface area contributed by atoms with E-state index in [0.29, 0.717) is 6.04 Å². The summed E-state index contributed by atoms with van der Waals surface area (Å²) in [5, 5.41) is 0. The lowest BCUT2D eigenvalue weighted by Crippen LogP contribution is -2.37. The number of likely N-dealkylation sites (N-methyl/N-ethyl adjacent to an activating group) is 1. The quantitative estimate of drug-likeness (QED) is 0.633. The van der Waals surface area contributed by atoms with Gasteiger partial charge in [-0.3, -0.25) is 0 Å². The Kier molecular flexibility index (Phi) is 3.98. The highest BCUT2D eigenvalue weighted by Crippen LogP contribution is 2.00. The van der Waals surface area contributed by atoms with Crippen LogP contribution in [0.3, 0.4) is 0 Å². The zero-order chi connectivity index (χ0) is 8.97. The van der Waals surface area contributed by atoms with Crippen LogP contribution < -0.4 is 5.73 Å². The van der Waals surface area contributed by atoms with Crippen molar-refractivity contribution in [3.63, 3.8) is 0 Å². The summed E-state index contributed by atoms with van der Waals surface area (Å²) in [6.07, 6.45) is 1.28. The fourth-order valence-corrected chi connectivity index (χ4v) is 1.69. The number of nitrogens with two attached hydrogens (primary N) is 1. The highest BCUT2D eigenvalue weighted by Gasteiger charge is 2.12. The topological polar surface area (TPSA) is 32.5 Å². The lowest BCUT2D eigenvalue weighted by atomic mass is 10.3. The van der Waals surface area contributed by atoms with Gasteiger partial charge >= 0.3 is 0 Å². The molecule has 0 amide bonds. The first-order valence-corrected chi connectivity index (χ1v) is 4.85. The molecule has 0 saturated carbocycles. The molecule has 1 atom stereocenters. The summed E-state index contributed by atoms with van der Waals surface area (Å²) in [6, 6.07) is 0.313. The Morgan fingerprint density at radius 3 is 2.67 bits per heavy atom. The Hall–Kier alpha value is -0.120. The van der Waals surface area contributed by atoms with Gasteiger partial charge in [0.15, 0.2) is 0 Å². The van der Waals surface area contributed by atoms with Gasteiger partial charge in [0, 0.05) is 25.7 Å². The van der Waals surface area contributed by atoms with Gasteiger partial charge in [-0.1, -0.05) is 0 Å². The SMILES string of the molecule is C[C@H](N)CN1CCCN(C)CC1. The Balaban J connectivity index is 2.26. The maximum Gasteiger partial charge on any atom is 0.0139 e. The van der Waals surface area contributed by atoms with Crippen molar-refractivity contribution < 1.29 is 0 Å². The summed E-state index contributed by atoms with van der Waals surface area (Å²) in [4.78, 5) is 4.86. The van der Waals surface area contributed by atoms with Crippen LogP contribution in [0.2, 0.25) is 0 Å². The van der Waals surface area contributed by atoms with Crippen molar-refractivity contribution in [1.82, 2.24) is 9.80 Å². The van der Waals surface area contributed by atoms with E-state index in [0.717, 1.165) is 6.54 Å². The third kappa shape index (κ3) is 3.52. The molecule has 0 spiro atoms. The zero-order valence-electron chi connectivity index (χ0n) is 8.29. The highest BCUT2D eigenvalue weighted by molar-refractivity contribution is 4.70. The van der Waals surface area contributed by atoms with E-state index >= 15 is 0 Å². The standard InChI is InChI=1S/C9H21N3/c1-9(10)8-12-5-3-4-11(2)6-7-12/h9H,3-8,10H2,1-2H3/t9-/m0/s1. The number of hydrogen-bond donors (Lipinski definition) is 1. The average molecular weight is 171 g/mol. The fraction of sp³-hybridized carbons (Fsp3) is 1.00.